The molecule has 13 heavy (non-hydrogen) atoms. The molecular formula is C11H17NO. The van der Waals surface area contributed by atoms with E-state index in [1.54, 1.807) is 0 Å². The normalized spacial score (nSPS) is 30.6. The minimum atomic E-state index is 0.411. The van der Waals surface area contributed by atoms with Crippen LogP contribution in [0.4, 0.5) is 0 Å². The molecule has 2 nitrogen and oxygen atoms in total. The Morgan fingerprint density at radius 3 is 2.46 bits per heavy atom. The second-order valence-electron chi connectivity index (χ2n) is 5.14. The fourth-order valence-corrected chi connectivity index (χ4v) is 2.62. The first kappa shape index (κ1) is 7.84. The molecule has 2 saturated carbocycles. The van der Waals surface area contributed by atoms with Crippen LogP contribution in [-0.4, -0.2) is 23.9 Å². The Labute approximate surface area is 79.3 Å². The number of hydrogen-bond donors (Lipinski definition) is 0. The molecule has 1 heterocycles. The van der Waals surface area contributed by atoms with Crippen molar-refractivity contribution in [1.29, 1.82) is 0 Å². The lowest BCUT2D eigenvalue weighted by Crippen LogP contribution is -2.37. The van der Waals surface area contributed by atoms with E-state index in [9.17, 15) is 4.79 Å². The molecule has 3 fully saturated rings. The second kappa shape index (κ2) is 2.49. The van der Waals surface area contributed by atoms with Crippen LogP contribution in [-0.2, 0) is 4.79 Å². The number of hydrogen-bond acceptors (Lipinski definition) is 1. The number of rotatable bonds is 1. The Morgan fingerprint density at radius 2 is 2.00 bits per heavy atom. The van der Waals surface area contributed by atoms with E-state index in [4.69, 9.17) is 0 Å². The zero-order valence-corrected chi connectivity index (χ0v) is 8.09. The highest BCUT2D eigenvalue weighted by atomic mass is 16.2. The SMILES string of the molecule is O=C(C1CCC1)N1CCC2(CC2)C1. The molecule has 0 atom stereocenters. The van der Waals surface area contributed by atoms with Gasteiger partial charge in [-0.3, -0.25) is 4.79 Å². The van der Waals surface area contributed by atoms with Crippen LogP contribution in [0.5, 0.6) is 0 Å². The lowest BCUT2D eigenvalue weighted by Gasteiger charge is -2.29. The lowest BCUT2D eigenvalue weighted by molar-refractivity contribution is -0.137. The van der Waals surface area contributed by atoms with Crippen molar-refractivity contribution in [3.63, 3.8) is 0 Å². The molecule has 3 rings (SSSR count). The highest BCUT2D eigenvalue weighted by Crippen LogP contribution is 2.53. The summed E-state index contributed by atoms with van der Waals surface area (Å²) in [7, 11) is 0. The van der Waals surface area contributed by atoms with E-state index in [2.05, 4.69) is 4.90 Å². The van der Waals surface area contributed by atoms with E-state index in [1.165, 1.54) is 25.7 Å². The molecule has 1 spiro atoms. The third kappa shape index (κ3) is 1.18. The summed E-state index contributed by atoms with van der Waals surface area (Å²) in [5.74, 6) is 0.879. The van der Waals surface area contributed by atoms with Crippen molar-refractivity contribution in [3.8, 4) is 0 Å². The molecule has 2 aliphatic carbocycles. The summed E-state index contributed by atoms with van der Waals surface area (Å²) in [4.78, 5) is 14.0. The van der Waals surface area contributed by atoms with Gasteiger partial charge in [-0.25, -0.2) is 0 Å². The Balaban J connectivity index is 1.62. The van der Waals surface area contributed by atoms with E-state index < -0.39 is 0 Å². The minimum Gasteiger partial charge on any atom is -0.342 e. The summed E-state index contributed by atoms with van der Waals surface area (Å²) in [6.07, 6.45) is 7.62. The first-order valence-electron chi connectivity index (χ1n) is 5.58. The Morgan fingerprint density at radius 1 is 1.23 bits per heavy atom. The molecule has 0 unspecified atom stereocenters. The van der Waals surface area contributed by atoms with Crippen molar-refractivity contribution >= 4 is 5.91 Å². The maximum Gasteiger partial charge on any atom is 0.225 e. The van der Waals surface area contributed by atoms with Gasteiger partial charge in [0.25, 0.3) is 0 Å². The van der Waals surface area contributed by atoms with Crippen molar-refractivity contribution in [2.75, 3.05) is 13.1 Å². The molecule has 3 aliphatic rings. The van der Waals surface area contributed by atoms with Gasteiger partial charge < -0.3 is 4.90 Å². The molecule has 1 saturated heterocycles. The van der Waals surface area contributed by atoms with Gasteiger partial charge >= 0.3 is 0 Å². The van der Waals surface area contributed by atoms with Crippen LogP contribution >= 0.6 is 0 Å². The van der Waals surface area contributed by atoms with Gasteiger partial charge in [-0.2, -0.15) is 0 Å². The number of nitrogens with zero attached hydrogens (tertiary/aromatic N) is 1. The van der Waals surface area contributed by atoms with Crippen LogP contribution in [0.3, 0.4) is 0 Å². The molecule has 1 amide bonds. The summed E-state index contributed by atoms with van der Waals surface area (Å²) >= 11 is 0. The minimum absolute atomic E-state index is 0.411. The summed E-state index contributed by atoms with van der Waals surface area (Å²) in [5, 5.41) is 0. The molecule has 0 aromatic rings. The van der Waals surface area contributed by atoms with E-state index in [0.29, 0.717) is 17.2 Å². The molecule has 1 aliphatic heterocycles. The van der Waals surface area contributed by atoms with E-state index in [-0.39, 0.29) is 0 Å². The first-order valence-corrected chi connectivity index (χ1v) is 5.58. The first-order chi connectivity index (χ1) is 6.29. The van der Waals surface area contributed by atoms with Gasteiger partial charge in [0.15, 0.2) is 0 Å². The maximum absolute atomic E-state index is 11.9. The van der Waals surface area contributed by atoms with Crippen LogP contribution in [0.25, 0.3) is 0 Å². The van der Waals surface area contributed by atoms with Gasteiger partial charge in [-0.05, 0) is 37.5 Å². The largest absolute Gasteiger partial charge is 0.342 e. The number of carbonyl (C=O) groups excluding carboxylic acids is 1. The molecule has 0 N–H and O–H groups in total. The average molecular weight is 179 g/mol. The summed E-state index contributed by atoms with van der Waals surface area (Å²) < 4.78 is 0. The van der Waals surface area contributed by atoms with Gasteiger partial charge in [0, 0.05) is 19.0 Å². The predicted octanol–water partition coefficient (Wildman–Crippen LogP) is 1.80. The van der Waals surface area contributed by atoms with E-state index in [0.717, 1.165) is 25.9 Å². The van der Waals surface area contributed by atoms with Gasteiger partial charge in [-0.1, -0.05) is 6.42 Å². The monoisotopic (exact) mass is 179 g/mol. The number of amides is 1. The van der Waals surface area contributed by atoms with Crippen molar-refractivity contribution < 1.29 is 4.79 Å². The molecule has 0 aromatic carbocycles. The van der Waals surface area contributed by atoms with Gasteiger partial charge in [0.1, 0.15) is 0 Å². The van der Waals surface area contributed by atoms with Crippen molar-refractivity contribution in [2.24, 2.45) is 11.3 Å². The smallest absolute Gasteiger partial charge is 0.225 e. The van der Waals surface area contributed by atoms with Crippen LogP contribution in [0, 0.1) is 11.3 Å². The van der Waals surface area contributed by atoms with E-state index in [1.807, 2.05) is 0 Å². The van der Waals surface area contributed by atoms with E-state index >= 15 is 0 Å². The molecule has 2 heteroatoms. The van der Waals surface area contributed by atoms with Gasteiger partial charge in [0.05, 0.1) is 0 Å². The van der Waals surface area contributed by atoms with Gasteiger partial charge in [-0.15, -0.1) is 0 Å². The summed E-state index contributed by atoms with van der Waals surface area (Å²) in [6, 6.07) is 0. The standard InChI is InChI=1S/C11H17NO/c13-10(9-2-1-3-9)12-7-6-11(8-12)4-5-11/h9H,1-8H2. The van der Waals surface area contributed by atoms with Crippen molar-refractivity contribution in [2.45, 2.75) is 38.5 Å². The Hall–Kier alpha value is -0.530. The molecular weight excluding hydrogens is 162 g/mol. The molecule has 72 valence electrons. The zero-order valence-electron chi connectivity index (χ0n) is 8.09. The Kier molecular flexibility index (Phi) is 1.50. The molecule has 0 radical (unpaired) electrons. The summed E-state index contributed by atoms with van der Waals surface area (Å²) in [5.41, 5.74) is 0.611. The van der Waals surface area contributed by atoms with Crippen LogP contribution in [0.15, 0.2) is 0 Å². The Bertz CT molecular complexity index is 240. The highest BCUT2D eigenvalue weighted by Gasteiger charge is 2.49. The lowest BCUT2D eigenvalue weighted by atomic mass is 9.84. The van der Waals surface area contributed by atoms with Crippen LogP contribution in [0.1, 0.15) is 38.5 Å². The summed E-state index contributed by atoms with van der Waals surface area (Å²) in [6.45, 7) is 2.14. The quantitative estimate of drug-likeness (QED) is 0.601. The van der Waals surface area contributed by atoms with Crippen LogP contribution < -0.4 is 0 Å². The molecule has 0 bridgehead atoms. The number of carbonyl (C=O) groups is 1. The fourth-order valence-electron chi connectivity index (χ4n) is 2.62. The molecule has 0 aromatic heterocycles. The maximum atomic E-state index is 11.9. The topological polar surface area (TPSA) is 20.3 Å². The average Bonchev–Trinajstić information content (AvgIpc) is 2.57. The fraction of sp³-hybridized carbons (Fsp3) is 0.909. The highest BCUT2D eigenvalue weighted by molar-refractivity contribution is 5.80. The van der Waals surface area contributed by atoms with Crippen molar-refractivity contribution in [1.82, 2.24) is 4.90 Å². The third-order valence-corrected chi connectivity index (χ3v) is 4.16. The predicted molar refractivity (Wildman–Crippen MR) is 50.2 cm³/mol. The second-order valence-corrected chi connectivity index (χ2v) is 5.14. The van der Waals surface area contributed by atoms with Crippen molar-refractivity contribution in [3.05, 3.63) is 0 Å². The number of likely N-dealkylation sites (tertiary alicyclic amines) is 1. The zero-order chi connectivity index (χ0) is 8.89. The third-order valence-electron chi connectivity index (χ3n) is 4.16. The van der Waals surface area contributed by atoms with Gasteiger partial charge in [0.2, 0.25) is 5.91 Å². The van der Waals surface area contributed by atoms with Crippen LogP contribution in [0.2, 0.25) is 0 Å².